The lowest BCUT2D eigenvalue weighted by Crippen LogP contribution is -2.35. The molecule has 3 aromatic carbocycles. The molecule has 3 aromatic rings. The Morgan fingerprint density at radius 2 is 1.40 bits per heavy atom. The average Bonchev–Trinajstić information content (AvgIpc) is 2.79. The Bertz CT molecular complexity index is 856. The van der Waals surface area contributed by atoms with Gasteiger partial charge in [-0.15, -0.1) is 0 Å². The van der Waals surface area contributed by atoms with Crippen LogP contribution in [0.15, 0.2) is 84.9 Å². The highest BCUT2D eigenvalue weighted by Gasteiger charge is 2.14. The number of esters is 1. The van der Waals surface area contributed by atoms with Crippen LogP contribution in [0.2, 0.25) is 0 Å². The van der Waals surface area contributed by atoms with Gasteiger partial charge in [0.1, 0.15) is 18.5 Å². The maximum Gasteiger partial charge on any atom is 0.337 e. The van der Waals surface area contributed by atoms with Gasteiger partial charge in [0.05, 0.1) is 12.7 Å². The van der Waals surface area contributed by atoms with Crippen molar-refractivity contribution in [3.05, 3.63) is 102 Å². The van der Waals surface area contributed by atoms with Gasteiger partial charge in [0.15, 0.2) is 0 Å². The predicted molar refractivity (Wildman–Crippen MR) is 116 cm³/mol. The van der Waals surface area contributed by atoms with Gasteiger partial charge < -0.3 is 14.6 Å². The molecule has 5 nitrogen and oxygen atoms in total. The maximum atomic E-state index is 11.5. The number of benzene rings is 3. The summed E-state index contributed by atoms with van der Waals surface area (Å²) in [5.41, 5.74) is 2.85. The quantitative estimate of drug-likeness (QED) is 0.518. The summed E-state index contributed by atoms with van der Waals surface area (Å²) >= 11 is 0. The van der Waals surface area contributed by atoms with Crippen molar-refractivity contribution >= 4 is 5.97 Å². The zero-order valence-corrected chi connectivity index (χ0v) is 17.1. The molecule has 0 aromatic heterocycles. The fraction of sp³-hybridized carbons (Fsp3) is 0.240. The molecule has 5 heteroatoms. The molecule has 0 radical (unpaired) electrons. The van der Waals surface area contributed by atoms with E-state index in [1.165, 1.54) is 18.2 Å². The van der Waals surface area contributed by atoms with Gasteiger partial charge in [-0.25, -0.2) is 4.79 Å². The SMILES string of the molecule is COC(=O)c1ccc(OC[C@H](O)CN(Cc2ccccc2)Cc2ccccc2)cc1. The van der Waals surface area contributed by atoms with Gasteiger partial charge >= 0.3 is 5.97 Å². The van der Waals surface area contributed by atoms with Crippen molar-refractivity contribution in [1.29, 1.82) is 0 Å². The van der Waals surface area contributed by atoms with Gasteiger partial charge in [0.25, 0.3) is 0 Å². The van der Waals surface area contributed by atoms with Crippen molar-refractivity contribution in [3.63, 3.8) is 0 Å². The maximum absolute atomic E-state index is 11.5. The molecule has 0 aliphatic rings. The lowest BCUT2D eigenvalue weighted by molar-refractivity contribution is 0.0597. The minimum Gasteiger partial charge on any atom is -0.491 e. The zero-order chi connectivity index (χ0) is 21.2. The monoisotopic (exact) mass is 405 g/mol. The Hall–Kier alpha value is -3.15. The summed E-state index contributed by atoms with van der Waals surface area (Å²) in [6.45, 7) is 2.11. The molecular weight excluding hydrogens is 378 g/mol. The van der Waals surface area contributed by atoms with Gasteiger partial charge in [-0.1, -0.05) is 60.7 Å². The molecule has 1 N–H and O–H groups in total. The first-order valence-electron chi connectivity index (χ1n) is 9.93. The van der Waals surface area contributed by atoms with Crippen LogP contribution in [0.5, 0.6) is 5.75 Å². The first-order valence-corrected chi connectivity index (χ1v) is 9.93. The van der Waals surface area contributed by atoms with Crippen LogP contribution in [0.25, 0.3) is 0 Å². The Morgan fingerprint density at radius 1 is 0.867 bits per heavy atom. The van der Waals surface area contributed by atoms with E-state index in [4.69, 9.17) is 9.47 Å². The number of rotatable bonds is 10. The summed E-state index contributed by atoms with van der Waals surface area (Å²) < 4.78 is 10.4. The van der Waals surface area contributed by atoms with Crippen LogP contribution in [0.4, 0.5) is 0 Å². The molecule has 3 rings (SSSR count). The normalized spacial score (nSPS) is 11.8. The molecule has 0 fully saturated rings. The second-order valence-corrected chi connectivity index (χ2v) is 7.12. The predicted octanol–water partition coefficient (Wildman–Crippen LogP) is 3.92. The summed E-state index contributed by atoms with van der Waals surface area (Å²) in [4.78, 5) is 13.7. The van der Waals surface area contributed by atoms with Crippen LogP contribution >= 0.6 is 0 Å². The van der Waals surface area contributed by atoms with Crippen LogP contribution in [0, 0.1) is 0 Å². The highest BCUT2D eigenvalue weighted by Crippen LogP contribution is 2.14. The smallest absolute Gasteiger partial charge is 0.337 e. The van der Waals surface area contributed by atoms with Crippen LogP contribution in [-0.4, -0.2) is 42.3 Å². The Balaban J connectivity index is 1.58. The highest BCUT2D eigenvalue weighted by molar-refractivity contribution is 5.89. The molecule has 0 aliphatic carbocycles. The van der Waals surface area contributed by atoms with Crippen molar-refractivity contribution in [3.8, 4) is 5.75 Å². The Morgan fingerprint density at radius 3 is 1.90 bits per heavy atom. The number of carbonyl (C=O) groups is 1. The molecule has 0 saturated heterocycles. The number of ether oxygens (including phenoxy) is 2. The number of nitrogens with zero attached hydrogens (tertiary/aromatic N) is 1. The minimum absolute atomic E-state index is 0.164. The number of hydrogen-bond donors (Lipinski definition) is 1. The van der Waals surface area contributed by atoms with E-state index in [0.717, 1.165) is 13.1 Å². The summed E-state index contributed by atoms with van der Waals surface area (Å²) in [7, 11) is 1.35. The summed E-state index contributed by atoms with van der Waals surface area (Å²) in [5, 5.41) is 10.6. The third kappa shape index (κ3) is 6.72. The van der Waals surface area contributed by atoms with E-state index in [-0.39, 0.29) is 12.6 Å². The van der Waals surface area contributed by atoms with Crippen molar-refractivity contribution in [2.75, 3.05) is 20.3 Å². The highest BCUT2D eigenvalue weighted by atomic mass is 16.5. The van der Waals surface area contributed by atoms with Gasteiger partial charge in [-0.3, -0.25) is 4.90 Å². The molecule has 0 heterocycles. The number of aliphatic hydroxyl groups is 1. The Labute approximate surface area is 177 Å². The second kappa shape index (κ2) is 11.1. The molecule has 0 spiro atoms. The lowest BCUT2D eigenvalue weighted by Gasteiger charge is -2.25. The van der Waals surface area contributed by atoms with E-state index in [1.54, 1.807) is 24.3 Å². The van der Waals surface area contributed by atoms with Crippen molar-refractivity contribution in [1.82, 2.24) is 4.90 Å². The molecule has 0 aliphatic heterocycles. The second-order valence-electron chi connectivity index (χ2n) is 7.12. The number of carbonyl (C=O) groups excluding carboxylic acids is 1. The van der Waals surface area contributed by atoms with E-state index in [2.05, 4.69) is 29.2 Å². The summed E-state index contributed by atoms with van der Waals surface area (Å²) in [5.74, 6) is 0.207. The molecule has 0 amide bonds. The largest absolute Gasteiger partial charge is 0.491 e. The molecule has 0 saturated carbocycles. The van der Waals surface area contributed by atoms with Gasteiger partial charge in [-0.2, -0.15) is 0 Å². The van der Waals surface area contributed by atoms with Crippen LogP contribution in [0.1, 0.15) is 21.5 Å². The minimum atomic E-state index is -0.655. The standard InChI is InChI=1S/C25H27NO4/c1-29-25(28)22-12-14-24(15-13-22)30-19-23(27)18-26(16-20-8-4-2-5-9-20)17-21-10-6-3-7-11-21/h2-15,23,27H,16-19H2,1H3/t23-/m1/s1. The van der Waals surface area contributed by atoms with Gasteiger partial charge in [-0.05, 0) is 35.4 Å². The van der Waals surface area contributed by atoms with Gasteiger partial charge in [0, 0.05) is 19.6 Å². The zero-order valence-electron chi connectivity index (χ0n) is 17.1. The molecule has 30 heavy (non-hydrogen) atoms. The molecule has 0 bridgehead atoms. The van der Waals surface area contributed by atoms with E-state index in [1.807, 2.05) is 36.4 Å². The Kier molecular flexibility index (Phi) is 8.01. The topological polar surface area (TPSA) is 59.0 Å². The van der Waals surface area contributed by atoms with Gasteiger partial charge in [0.2, 0.25) is 0 Å². The lowest BCUT2D eigenvalue weighted by atomic mass is 10.1. The van der Waals surface area contributed by atoms with E-state index in [0.29, 0.717) is 17.9 Å². The molecule has 156 valence electrons. The summed E-state index contributed by atoms with van der Waals surface area (Å²) in [6.07, 6.45) is -0.655. The third-order valence-electron chi connectivity index (χ3n) is 4.68. The molecule has 1 atom stereocenters. The first-order chi connectivity index (χ1) is 14.6. The van der Waals surface area contributed by atoms with Crippen LogP contribution in [0.3, 0.4) is 0 Å². The first kappa shape index (κ1) is 21.6. The van der Waals surface area contributed by atoms with Crippen molar-refractivity contribution < 1.29 is 19.4 Å². The summed E-state index contributed by atoms with van der Waals surface area (Å²) in [6, 6.07) is 27.1. The van der Waals surface area contributed by atoms with Crippen molar-refractivity contribution in [2.45, 2.75) is 19.2 Å². The molecular formula is C25H27NO4. The molecule has 0 unspecified atom stereocenters. The van der Waals surface area contributed by atoms with Crippen molar-refractivity contribution in [2.24, 2.45) is 0 Å². The number of methoxy groups -OCH3 is 1. The van der Waals surface area contributed by atoms with E-state index in [9.17, 15) is 9.90 Å². The fourth-order valence-corrected chi connectivity index (χ4v) is 3.22. The third-order valence-corrected chi connectivity index (χ3v) is 4.68. The van der Waals surface area contributed by atoms with Crippen LogP contribution in [-0.2, 0) is 17.8 Å². The average molecular weight is 405 g/mol. The van der Waals surface area contributed by atoms with E-state index < -0.39 is 6.10 Å². The number of hydrogen-bond acceptors (Lipinski definition) is 5. The van der Waals surface area contributed by atoms with Crippen LogP contribution < -0.4 is 4.74 Å². The van der Waals surface area contributed by atoms with E-state index >= 15 is 0 Å². The fourth-order valence-electron chi connectivity index (χ4n) is 3.22. The number of aliphatic hydroxyl groups excluding tert-OH is 1.